The Labute approximate surface area is 138 Å². The number of nitrogens with zero attached hydrogens (tertiary/aromatic N) is 2. The van der Waals surface area contributed by atoms with Gasteiger partial charge < -0.3 is 0 Å². The quantitative estimate of drug-likeness (QED) is 0.657. The number of fused-ring (bicyclic) bond motifs is 1. The number of aromatic nitrogens is 2. The summed E-state index contributed by atoms with van der Waals surface area (Å²) in [5.74, 6) is 0.361. The summed E-state index contributed by atoms with van der Waals surface area (Å²) in [5.41, 5.74) is 2.87. The van der Waals surface area contributed by atoms with E-state index in [1.165, 1.54) is 0 Å². The van der Waals surface area contributed by atoms with E-state index in [2.05, 4.69) is 6.58 Å². The van der Waals surface area contributed by atoms with Crippen LogP contribution >= 0.6 is 23.2 Å². The topological polar surface area (TPSA) is 26.9 Å². The number of halogens is 2. The highest BCUT2D eigenvalue weighted by Gasteiger charge is 2.16. The number of hydrogen-bond acceptors (Lipinski definition) is 1. The van der Waals surface area contributed by atoms with Crippen molar-refractivity contribution in [1.29, 1.82) is 0 Å². The molecule has 0 atom stereocenters. The number of benzene rings is 2. The molecule has 0 bridgehead atoms. The SMILES string of the molecule is C=C(c1ccccc1)n1c(=O)n(CCCl)c2ccc(Cl)cc21. The number of rotatable bonds is 4. The third-order valence-corrected chi connectivity index (χ3v) is 3.98. The van der Waals surface area contributed by atoms with Gasteiger partial charge in [0, 0.05) is 17.4 Å². The molecule has 0 fully saturated rings. The maximum absolute atomic E-state index is 12.8. The fraction of sp³-hybridized carbons (Fsp3) is 0.118. The summed E-state index contributed by atoms with van der Waals surface area (Å²) >= 11 is 11.9. The van der Waals surface area contributed by atoms with Crippen LogP contribution in [0.2, 0.25) is 5.02 Å². The number of aryl methyl sites for hydroxylation is 1. The highest BCUT2D eigenvalue weighted by Crippen LogP contribution is 2.23. The summed E-state index contributed by atoms with van der Waals surface area (Å²) in [6.45, 7) is 4.52. The van der Waals surface area contributed by atoms with Gasteiger partial charge in [-0.3, -0.25) is 9.13 Å². The molecule has 0 saturated carbocycles. The van der Waals surface area contributed by atoms with Gasteiger partial charge in [0.1, 0.15) is 0 Å². The summed E-state index contributed by atoms with van der Waals surface area (Å²) < 4.78 is 3.23. The van der Waals surface area contributed by atoms with E-state index >= 15 is 0 Å². The lowest BCUT2D eigenvalue weighted by molar-refractivity contribution is 0.742. The maximum atomic E-state index is 12.8. The summed E-state index contributed by atoms with van der Waals surface area (Å²) in [7, 11) is 0. The Bertz CT molecular complexity index is 894. The highest BCUT2D eigenvalue weighted by atomic mass is 35.5. The summed E-state index contributed by atoms with van der Waals surface area (Å²) in [4.78, 5) is 12.8. The van der Waals surface area contributed by atoms with Crippen LogP contribution in [-0.4, -0.2) is 15.0 Å². The van der Waals surface area contributed by atoms with Crippen molar-refractivity contribution in [2.75, 3.05) is 5.88 Å². The molecule has 0 aliphatic rings. The number of hydrogen-bond donors (Lipinski definition) is 0. The van der Waals surface area contributed by atoms with Crippen molar-refractivity contribution in [2.24, 2.45) is 0 Å². The number of alkyl halides is 1. The fourth-order valence-corrected chi connectivity index (χ4v) is 2.89. The molecule has 0 aliphatic heterocycles. The predicted octanol–water partition coefficient (Wildman–Crippen LogP) is 4.21. The van der Waals surface area contributed by atoms with E-state index in [-0.39, 0.29) is 5.69 Å². The van der Waals surface area contributed by atoms with Crippen LogP contribution in [0, 0.1) is 0 Å². The normalized spacial score (nSPS) is 11.0. The molecule has 1 aromatic heterocycles. The second kappa shape index (κ2) is 6.03. The molecule has 5 heteroatoms. The first-order chi connectivity index (χ1) is 10.6. The van der Waals surface area contributed by atoms with Gasteiger partial charge in [-0.1, -0.05) is 48.5 Å². The lowest BCUT2D eigenvalue weighted by atomic mass is 10.1. The van der Waals surface area contributed by atoms with E-state index in [1.807, 2.05) is 36.4 Å². The maximum Gasteiger partial charge on any atom is 0.333 e. The van der Waals surface area contributed by atoms with E-state index < -0.39 is 0 Å². The molecule has 0 saturated heterocycles. The summed E-state index contributed by atoms with van der Waals surface area (Å²) in [5, 5.41) is 0.574. The van der Waals surface area contributed by atoms with Gasteiger partial charge in [-0.05, 0) is 23.8 Å². The van der Waals surface area contributed by atoms with Crippen molar-refractivity contribution >= 4 is 39.9 Å². The van der Waals surface area contributed by atoms with Crippen LogP contribution in [0.15, 0.2) is 59.9 Å². The van der Waals surface area contributed by atoms with Crippen LogP contribution in [0.25, 0.3) is 16.7 Å². The van der Waals surface area contributed by atoms with E-state index in [1.54, 1.807) is 21.3 Å². The van der Waals surface area contributed by atoms with Gasteiger partial charge >= 0.3 is 5.69 Å². The largest absolute Gasteiger partial charge is 0.333 e. The van der Waals surface area contributed by atoms with Crippen molar-refractivity contribution in [3.8, 4) is 0 Å². The molecule has 2 aromatic carbocycles. The smallest absolute Gasteiger partial charge is 0.290 e. The highest BCUT2D eigenvalue weighted by molar-refractivity contribution is 6.31. The van der Waals surface area contributed by atoms with Gasteiger partial charge in [0.05, 0.1) is 16.7 Å². The molecule has 0 aliphatic carbocycles. The number of imidazole rings is 1. The minimum absolute atomic E-state index is 0.160. The first kappa shape index (κ1) is 14.9. The third-order valence-electron chi connectivity index (χ3n) is 3.58. The third kappa shape index (κ3) is 2.47. The van der Waals surface area contributed by atoms with Crippen molar-refractivity contribution in [2.45, 2.75) is 6.54 Å². The van der Waals surface area contributed by atoms with Gasteiger partial charge in [0.25, 0.3) is 0 Å². The van der Waals surface area contributed by atoms with E-state index in [0.29, 0.717) is 23.1 Å². The summed E-state index contributed by atoms with van der Waals surface area (Å²) in [6.07, 6.45) is 0. The zero-order valence-corrected chi connectivity index (χ0v) is 13.3. The van der Waals surface area contributed by atoms with Gasteiger partial charge in [-0.15, -0.1) is 11.6 Å². The minimum atomic E-state index is -0.160. The molecule has 0 N–H and O–H groups in total. The van der Waals surface area contributed by atoms with Gasteiger partial charge in [0.2, 0.25) is 0 Å². The lowest BCUT2D eigenvalue weighted by Gasteiger charge is -2.07. The van der Waals surface area contributed by atoms with Gasteiger partial charge in [-0.2, -0.15) is 0 Å². The van der Waals surface area contributed by atoms with Crippen molar-refractivity contribution in [3.05, 3.63) is 76.2 Å². The zero-order valence-electron chi connectivity index (χ0n) is 11.8. The molecule has 3 nitrogen and oxygen atoms in total. The molecule has 0 spiro atoms. The van der Waals surface area contributed by atoms with Gasteiger partial charge in [-0.25, -0.2) is 4.79 Å². The second-order valence-electron chi connectivity index (χ2n) is 4.90. The van der Waals surface area contributed by atoms with Crippen LogP contribution < -0.4 is 5.69 Å². The Morgan fingerprint density at radius 1 is 1.09 bits per heavy atom. The Morgan fingerprint density at radius 2 is 1.82 bits per heavy atom. The Balaban J connectivity index is 2.29. The molecular formula is C17H14Cl2N2O. The monoisotopic (exact) mass is 332 g/mol. The van der Waals surface area contributed by atoms with Gasteiger partial charge in [0.15, 0.2) is 0 Å². The van der Waals surface area contributed by atoms with Crippen molar-refractivity contribution < 1.29 is 0 Å². The van der Waals surface area contributed by atoms with Crippen LogP contribution in [0.4, 0.5) is 0 Å². The predicted molar refractivity (Wildman–Crippen MR) is 92.8 cm³/mol. The zero-order chi connectivity index (χ0) is 15.7. The second-order valence-corrected chi connectivity index (χ2v) is 5.72. The van der Waals surface area contributed by atoms with Crippen LogP contribution in [0.5, 0.6) is 0 Å². The summed E-state index contributed by atoms with van der Waals surface area (Å²) in [6, 6.07) is 15.0. The Hall–Kier alpha value is -1.97. The van der Waals surface area contributed by atoms with E-state index in [9.17, 15) is 4.79 Å². The molecule has 0 unspecified atom stereocenters. The first-order valence-electron chi connectivity index (χ1n) is 6.85. The van der Waals surface area contributed by atoms with Crippen molar-refractivity contribution in [3.63, 3.8) is 0 Å². The molecule has 3 aromatic rings. The standard InChI is InChI=1S/C17H14Cl2N2O/c1-12(13-5-3-2-4-6-13)21-16-11-14(19)7-8-15(16)20(10-9-18)17(21)22/h2-8,11H,1,9-10H2. The average Bonchev–Trinajstić information content (AvgIpc) is 2.80. The lowest BCUT2D eigenvalue weighted by Crippen LogP contribution is -2.24. The molecule has 0 radical (unpaired) electrons. The average molecular weight is 333 g/mol. The molecule has 1 heterocycles. The van der Waals surface area contributed by atoms with Crippen LogP contribution in [-0.2, 0) is 6.54 Å². The Kier molecular flexibility index (Phi) is 4.10. The first-order valence-corrected chi connectivity index (χ1v) is 7.76. The Morgan fingerprint density at radius 3 is 2.50 bits per heavy atom. The fourth-order valence-electron chi connectivity index (χ4n) is 2.55. The molecule has 3 rings (SSSR count). The molecule has 22 heavy (non-hydrogen) atoms. The van der Waals surface area contributed by atoms with Crippen LogP contribution in [0.3, 0.4) is 0 Å². The molecular weight excluding hydrogens is 319 g/mol. The van der Waals surface area contributed by atoms with E-state index in [0.717, 1.165) is 16.6 Å². The van der Waals surface area contributed by atoms with Crippen LogP contribution in [0.1, 0.15) is 5.56 Å². The van der Waals surface area contributed by atoms with E-state index in [4.69, 9.17) is 23.2 Å². The minimum Gasteiger partial charge on any atom is -0.290 e. The molecule has 0 amide bonds. The van der Waals surface area contributed by atoms with Crippen molar-refractivity contribution in [1.82, 2.24) is 9.13 Å². The molecule has 112 valence electrons.